The van der Waals surface area contributed by atoms with Gasteiger partial charge in [0.25, 0.3) is 5.91 Å². The number of esters is 1. The summed E-state index contributed by atoms with van der Waals surface area (Å²) in [6, 6.07) is 15.7. The van der Waals surface area contributed by atoms with Crippen LogP contribution in [0.3, 0.4) is 0 Å². The van der Waals surface area contributed by atoms with Gasteiger partial charge in [0.2, 0.25) is 0 Å². The molecule has 5 nitrogen and oxygen atoms in total. The molecule has 2 aromatic carbocycles. The van der Waals surface area contributed by atoms with Crippen molar-refractivity contribution in [2.75, 3.05) is 11.9 Å². The number of anilines is 1. The smallest absolute Gasteiger partial charge is 0.340 e. The molecule has 7 heteroatoms. The van der Waals surface area contributed by atoms with Crippen molar-refractivity contribution in [2.24, 2.45) is 0 Å². The van der Waals surface area contributed by atoms with Crippen molar-refractivity contribution >= 4 is 46.3 Å². The van der Waals surface area contributed by atoms with Crippen molar-refractivity contribution in [2.45, 2.75) is 6.92 Å². The first-order valence-electron chi connectivity index (χ1n) is 9.01. The van der Waals surface area contributed by atoms with Crippen LogP contribution in [0.25, 0.3) is 11.6 Å². The van der Waals surface area contributed by atoms with Crippen LogP contribution in [0.2, 0.25) is 0 Å². The van der Waals surface area contributed by atoms with Gasteiger partial charge in [-0.15, -0.1) is 11.3 Å². The molecule has 0 bridgehead atoms. The van der Waals surface area contributed by atoms with Crippen LogP contribution in [-0.4, -0.2) is 24.3 Å². The fourth-order valence-electron chi connectivity index (χ4n) is 2.58. The second-order valence-corrected chi connectivity index (χ2v) is 7.29. The van der Waals surface area contributed by atoms with Crippen molar-refractivity contribution in [3.05, 3.63) is 87.9 Å². The maximum Gasteiger partial charge on any atom is 0.340 e. The van der Waals surface area contributed by atoms with Crippen LogP contribution in [0.4, 0.5) is 10.1 Å². The highest BCUT2D eigenvalue weighted by molar-refractivity contribution is 7.11. The van der Waals surface area contributed by atoms with Gasteiger partial charge in [0, 0.05) is 16.1 Å². The van der Waals surface area contributed by atoms with E-state index in [1.165, 1.54) is 30.4 Å². The maximum absolute atomic E-state index is 13.1. The molecule has 0 aliphatic heterocycles. The third-order valence-electron chi connectivity index (χ3n) is 4.10. The fourth-order valence-corrected chi connectivity index (χ4v) is 3.31. The second kappa shape index (κ2) is 9.76. The molecule has 0 atom stereocenters. The Hall–Kier alpha value is -3.58. The highest BCUT2D eigenvalue weighted by atomic mass is 32.1. The van der Waals surface area contributed by atoms with E-state index in [1.54, 1.807) is 54.6 Å². The monoisotopic (exact) mass is 423 g/mol. The maximum atomic E-state index is 13.1. The lowest BCUT2D eigenvalue weighted by Gasteiger charge is -2.09. The molecule has 0 radical (unpaired) electrons. The number of carbonyl (C=O) groups excluding carboxylic acids is 3. The summed E-state index contributed by atoms with van der Waals surface area (Å²) in [5.41, 5.74) is 1.93. The zero-order valence-corrected chi connectivity index (χ0v) is 16.9. The first-order chi connectivity index (χ1) is 14.4. The fraction of sp³-hybridized carbons (Fsp3) is 0.0870. The number of ketones is 1. The molecule has 30 heavy (non-hydrogen) atoms. The van der Waals surface area contributed by atoms with Gasteiger partial charge in [0.05, 0.1) is 5.57 Å². The number of thiophene rings is 1. The summed E-state index contributed by atoms with van der Waals surface area (Å²) in [6.45, 7) is 0.983. The number of ether oxygens (including phenoxy) is 1. The molecule has 1 heterocycles. The van der Waals surface area contributed by atoms with Gasteiger partial charge in [0.15, 0.2) is 12.4 Å². The van der Waals surface area contributed by atoms with Gasteiger partial charge in [0.1, 0.15) is 5.82 Å². The predicted octanol–water partition coefficient (Wildman–Crippen LogP) is 4.81. The van der Waals surface area contributed by atoms with E-state index in [0.29, 0.717) is 21.7 Å². The summed E-state index contributed by atoms with van der Waals surface area (Å²) in [5, 5.41) is 4.43. The molecule has 3 aromatic rings. The molecule has 1 amide bonds. The van der Waals surface area contributed by atoms with Crippen molar-refractivity contribution in [1.29, 1.82) is 0 Å². The van der Waals surface area contributed by atoms with Crippen LogP contribution in [0.1, 0.15) is 27.7 Å². The molecule has 0 unspecified atom stereocenters. The molecule has 0 aliphatic carbocycles. The topological polar surface area (TPSA) is 72.5 Å². The van der Waals surface area contributed by atoms with E-state index in [9.17, 15) is 18.8 Å². The van der Waals surface area contributed by atoms with E-state index in [0.717, 1.165) is 0 Å². The van der Waals surface area contributed by atoms with E-state index in [1.807, 2.05) is 5.38 Å². The molecule has 3 rings (SSSR count). The molecule has 0 spiro atoms. The Morgan fingerprint density at radius 3 is 2.33 bits per heavy atom. The van der Waals surface area contributed by atoms with Gasteiger partial charge in [-0.1, -0.05) is 18.2 Å². The molecule has 0 saturated carbocycles. The third-order valence-corrected chi connectivity index (χ3v) is 5.00. The Balaban J connectivity index is 1.66. The normalized spacial score (nSPS) is 11.1. The van der Waals surface area contributed by atoms with E-state index < -0.39 is 18.5 Å². The lowest BCUT2D eigenvalue weighted by molar-refractivity contribution is -0.141. The first kappa shape index (κ1) is 21.1. The number of halogens is 1. The molecular formula is C23H18FNO4S. The Bertz CT molecular complexity index is 1070. The molecular weight excluding hydrogens is 405 g/mol. The van der Waals surface area contributed by atoms with Crippen LogP contribution < -0.4 is 5.32 Å². The van der Waals surface area contributed by atoms with Crippen molar-refractivity contribution in [1.82, 2.24) is 0 Å². The predicted molar refractivity (Wildman–Crippen MR) is 115 cm³/mol. The van der Waals surface area contributed by atoms with Crippen LogP contribution in [0.15, 0.2) is 66.0 Å². The highest BCUT2D eigenvalue weighted by Gasteiger charge is 2.17. The average Bonchev–Trinajstić information content (AvgIpc) is 3.26. The number of hydrogen-bond acceptors (Lipinski definition) is 5. The number of hydrogen-bond donors (Lipinski definition) is 1. The standard InChI is InChI=1S/C23H18FNO4S/c1-15(26)17-6-10-19(11-7-17)25-22(27)14-29-23(28)20(21-3-2-12-30-21)13-16-4-8-18(24)9-5-16/h2-13H,14H2,1H3,(H,25,27)/b20-13+. The Labute approximate surface area is 176 Å². The number of amides is 1. The summed E-state index contributed by atoms with van der Waals surface area (Å²) < 4.78 is 18.3. The summed E-state index contributed by atoms with van der Waals surface area (Å²) in [6.07, 6.45) is 1.59. The minimum absolute atomic E-state index is 0.0733. The van der Waals surface area contributed by atoms with Crippen LogP contribution in [-0.2, 0) is 14.3 Å². The lowest BCUT2D eigenvalue weighted by atomic mass is 10.1. The largest absolute Gasteiger partial charge is 0.452 e. The second-order valence-electron chi connectivity index (χ2n) is 6.34. The SMILES string of the molecule is CC(=O)c1ccc(NC(=O)COC(=O)/C(=C/c2ccc(F)cc2)c2cccs2)cc1. The Morgan fingerprint density at radius 1 is 1.03 bits per heavy atom. The third kappa shape index (κ3) is 5.71. The van der Waals surface area contributed by atoms with Crippen LogP contribution >= 0.6 is 11.3 Å². The van der Waals surface area contributed by atoms with Gasteiger partial charge >= 0.3 is 5.97 Å². The van der Waals surface area contributed by atoms with E-state index in [-0.39, 0.29) is 17.2 Å². The number of rotatable bonds is 7. The van der Waals surface area contributed by atoms with Crippen molar-refractivity contribution in [3.63, 3.8) is 0 Å². The molecule has 0 aliphatic rings. The summed E-state index contributed by atoms with van der Waals surface area (Å²) in [7, 11) is 0. The minimum Gasteiger partial charge on any atom is -0.452 e. The minimum atomic E-state index is -0.663. The Kier molecular flexibility index (Phi) is 6.87. The molecule has 1 aromatic heterocycles. The lowest BCUT2D eigenvalue weighted by Crippen LogP contribution is -2.21. The van der Waals surface area contributed by atoms with Crippen molar-refractivity contribution in [3.8, 4) is 0 Å². The van der Waals surface area contributed by atoms with E-state index >= 15 is 0 Å². The van der Waals surface area contributed by atoms with Gasteiger partial charge in [-0.3, -0.25) is 9.59 Å². The summed E-state index contributed by atoms with van der Waals surface area (Å²) >= 11 is 1.35. The number of Topliss-reactive ketones (excluding diaryl/α,β-unsaturated/α-hetero) is 1. The first-order valence-corrected chi connectivity index (χ1v) is 9.89. The van der Waals surface area contributed by atoms with Gasteiger partial charge < -0.3 is 10.1 Å². The van der Waals surface area contributed by atoms with Crippen molar-refractivity contribution < 1.29 is 23.5 Å². The van der Waals surface area contributed by atoms with Crippen LogP contribution in [0, 0.1) is 5.82 Å². The zero-order valence-electron chi connectivity index (χ0n) is 16.1. The van der Waals surface area contributed by atoms with Gasteiger partial charge in [-0.2, -0.15) is 0 Å². The van der Waals surface area contributed by atoms with Gasteiger partial charge in [-0.25, -0.2) is 9.18 Å². The molecule has 0 saturated heterocycles. The number of carbonyl (C=O) groups is 3. The zero-order chi connectivity index (χ0) is 21.5. The highest BCUT2D eigenvalue weighted by Crippen LogP contribution is 2.24. The molecule has 0 fully saturated rings. The molecule has 152 valence electrons. The quantitative estimate of drug-likeness (QED) is 0.336. The average molecular weight is 423 g/mol. The number of benzene rings is 2. The summed E-state index contributed by atoms with van der Waals surface area (Å²) in [5.74, 6) is -1.62. The molecule has 1 N–H and O–H groups in total. The Morgan fingerprint density at radius 2 is 1.73 bits per heavy atom. The van der Waals surface area contributed by atoms with E-state index in [2.05, 4.69) is 5.32 Å². The van der Waals surface area contributed by atoms with E-state index in [4.69, 9.17) is 4.74 Å². The van der Waals surface area contributed by atoms with Crippen LogP contribution in [0.5, 0.6) is 0 Å². The summed E-state index contributed by atoms with van der Waals surface area (Å²) in [4.78, 5) is 36.7. The van der Waals surface area contributed by atoms with Gasteiger partial charge in [-0.05, 0) is 66.4 Å². The number of nitrogens with one attached hydrogen (secondary N) is 1.